The van der Waals surface area contributed by atoms with Gasteiger partial charge in [-0.2, -0.15) is 5.10 Å². The molecule has 3 N–H and O–H groups in total. The molecule has 0 aliphatic heterocycles. The molecule has 0 saturated heterocycles. The molecule has 2 aromatic carbocycles. The minimum absolute atomic E-state index is 0.108. The maximum absolute atomic E-state index is 5.70. The summed E-state index contributed by atoms with van der Waals surface area (Å²) in [5, 5.41) is 4.01. The lowest BCUT2D eigenvalue weighted by Crippen LogP contribution is -2.23. The van der Waals surface area contributed by atoms with Crippen LogP contribution in [-0.4, -0.2) is 31.7 Å². The Morgan fingerprint density at radius 1 is 1.12 bits per heavy atom. The van der Waals surface area contributed by atoms with Crippen LogP contribution >= 0.6 is 12.2 Å². The molecular weight excluding hydrogens is 326 g/mol. The molecule has 0 atom stereocenters. The van der Waals surface area contributed by atoms with E-state index in [0.717, 1.165) is 11.3 Å². The zero-order valence-corrected chi connectivity index (χ0v) is 14.1. The largest absolute Gasteiger partial charge is 0.493 e. The predicted molar refractivity (Wildman–Crippen MR) is 97.9 cm³/mol. The van der Waals surface area contributed by atoms with Crippen LogP contribution in [-0.2, 0) is 0 Å². The van der Waals surface area contributed by atoms with Gasteiger partial charge in [0.05, 0.1) is 13.3 Å². The summed E-state index contributed by atoms with van der Waals surface area (Å²) >= 11 is 4.67. The topological polar surface area (TPSA) is 78.1 Å². The number of thiocarbonyl (C=S) groups is 1. The zero-order valence-electron chi connectivity index (χ0n) is 13.3. The Morgan fingerprint density at radius 2 is 1.88 bits per heavy atom. The second-order valence-electron chi connectivity index (χ2n) is 4.65. The SMILES string of the molecule is COc1cc(C=NNC(N)=S)ccc1OCCOc1ccccc1. The molecule has 7 heteroatoms. The van der Waals surface area contributed by atoms with Crippen molar-refractivity contribution >= 4 is 23.5 Å². The Bertz CT molecular complexity index is 693. The van der Waals surface area contributed by atoms with E-state index < -0.39 is 0 Å². The highest BCUT2D eigenvalue weighted by Gasteiger charge is 2.05. The number of hydrogen-bond acceptors (Lipinski definition) is 5. The number of para-hydroxylation sites is 1. The first-order chi connectivity index (χ1) is 11.7. The van der Waals surface area contributed by atoms with E-state index >= 15 is 0 Å². The molecule has 0 saturated carbocycles. The van der Waals surface area contributed by atoms with Crippen molar-refractivity contribution in [1.82, 2.24) is 5.43 Å². The number of hydrogen-bond donors (Lipinski definition) is 2. The van der Waals surface area contributed by atoms with E-state index in [0.29, 0.717) is 24.7 Å². The first-order valence-electron chi connectivity index (χ1n) is 7.26. The Hall–Kier alpha value is -2.80. The Kier molecular flexibility index (Phi) is 6.85. The van der Waals surface area contributed by atoms with Crippen LogP contribution in [0, 0.1) is 0 Å². The highest BCUT2D eigenvalue weighted by atomic mass is 32.1. The Morgan fingerprint density at radius 3 is 2.58 bits per heavy atom. The maximum atomic E-state index is 5.70. The van der Waals surface area contributed by atoms with Gasteiger partial charge in [-0.15, -0.1) is 0 Å². The van der Waals surface area contributed by atoms with Gasteiger partial charge in [0, 0.05) is 0 Å². The molecule has 0 spiro atoms. The van der Waals surface area contributed by atoms with Crippen LogP contribution in [0.4, 0.5) is 0 Å². The highest BCUT2D eigenvalue weighted by molar-refractivity contribution is 7.80. The van der Waals surface area contributed by atoms with Crippen molar-refractivity contribution in [2.75, 3.05) is 20.3 Å². The summed E-state index contributed by atoms with van der Waals surface area (Å²) in [6.07, 6.45) is 1.59. The minimum atomic E-state index is 0.108. The first-order valence-corrected chi connectivity index (χ1v) is 7.67. The Labute approximate surface area is 146 Å². The van der Waals surface area contributed by atoms with E-state index in [9.17, 15) is 0 Å². The van der Waals surface area contributed by atoms with Crippen LogP contribution in [0.3, 0.4) is 0 Å². The van der Waals surface area contributed by atoms with Crippen molar-refractivity contribution in [3.63, 3.8) is 0 Å². The fraction of sp³-hybridized carbons (Fsp3) is 0.176. The zero-order chi connectivity index (χ0) is 17.2. The number of methoxy groups -OCH3 is 1. The summed E-state index contributed by atoms with van der Waals surface area (Å²) in [5.41, 5.74) is 8.61. The van der Waals surface area contributed by atoms with Gasteiger partial charge < -0.3 is 19.9 Å². The predicted octanol–water partition coefficient (Wildman–Crippen LogP) is 2.32. The first kappa shape index (κ1) is 17.6. The maximum Gasteiger partial charge on any atom is 0.184 e. The fourth-order valence-corrected chi connectivity index (χ4v) is 1.93. The number of hydrazone groups is 1. The monoisotopic (exact) mass is 345 g/mol. The van der Waals surface area contributed by atoms with Gasteiger partial charge in [0.15, 0.2) is 16.6 Å². The van der Waals surface area contributed by atoms with Crippen LogP contribution < -0.4 is 25.4 Å². The molecule has 0 aliphatic carbocycles. The minimum Gasteiger partial charge on any atom is -0.493 e. The van der Waals surface area contributed by atoms with E-state index in [1.165, 1.54) is 0 Å². The Balaban J connectivity index is 1.88. The standard InChI is InChI=1S/C17H19N3O3S/c1-21-16-11-13(12-19-20-17(18)24)7-8-15(16)23-10-9-22-14-5-3-2-4-6-14/h2-8,11-12H,9-10H2,1H3,(H3,18,20,24). The van der Waals surface area contributed by atoms with Crippen LogP contribution in [0.5, 0.6) is 17.2 Å². The smallest absolute Gasteiger partial charge is 0.184 e. The van der Waals surface area contributed by atoms with Gasteiger partial charge in [-0.05, 0) is 48.1 Å². The number of rotatable bonds is 8. The summed E-state index contributed by atoms with van der Waals surface area (Å²) in [6, 6.07) is 15.0. The summed E-state index contributed by atoms with van der Waals surface area (Å²) in [4.78, 5) is 0. The molecule has 0 unspecified atom stereocenters. The summed E-state index contributed by atoms with van der Waals surface area (Å²) in [7, 11) is 1.58. The number of nitrogens with zero attached hydrogens (tertiary/aromatic N) is 1. The molecule has 0 fully saturated rings. The second-order valence-corrected chi connectivity index (χ2v) is 5.09. The third-order valence-corrected chi connectivity index (χ3v) is 3.02. The molecule has 0 aromatic heterocycles. The number of nitrogens with one attached hydrogen (secondary N) is 1. The van der Waals surface area contributed by atoms with Gasteiger partial charge in [-0.1, -0.05) is 18.2 Å². The van der Waals surface area contributed by atoms with Gasteiger partial charge >= 0.3 is 0 Å². The lowest BCUT2D eigenvalue weighted by molar-refractivity contribution is 0.211. The molecule has 0 bridgehead atoms. The number of nitrogens with two attached hydrogens (primary N) is 1. The van der Waals surface area contributed by atoms with Gasteiger partial charge in [-0.3, -0.25) is 5.43 Å². The average Bonchev–Trinajstić information content (AvgIpc) is 2.60. The van der Waals surface area contributed by atoms with Crippen molar-refractivity contribution in [3.05, 3.63) is 54.1 Å². The number of ether oxygens (including phenoxy) is 3. The van der Waals surface area contributed by atoms with Gasteiger partial charge in [-0.25, -0.2) is 0 Å². The van der Waals surface area contributed by atoms with E-state index in [1.807, 2.05) is 42.5 Å². The highest BCUT2D eigenvalue weighted by Crippen LogP contribution is 2.27. The summed E-state index contributed by atoms with van der Waals surface area (Å²) < 4.78 is 16.6. The van der Waals surface area contributed by atoms with E-state index in [-0.39, 0.29) is 5.11 Å². The van der Waals surface area contributed by atoms with Gasteiger partial charge in [0.1, 0.15) is 19.0 Å². The quantitative estimate of drug-likeness (QED) is 0.331. The second kappa shape index (κ2) is 9.36. The van der Waals surface area contributed by atoms with Crippen molar-refractivity contribution in [2.24, 2.45) is 10.8 Å². The van der Waals surface area contributed by atoms with Crippen LogP contribution in [0.2, 0.25) is 0 Å². The summed E-state index contributed by atoms with van der Waals surface area (Å²) in [6.45, 7) is 0.843. The molecule has 126 valence electrons. The van der Waals surface area contributed by atoms with Gasteiger partial charge in [0.2, 0.25) is 0 Å². The molecule has 0 aliphatic rings. The molecule has 24 heavy (non-hydrogen) atoms. The molecule has 0 amide bonds. The average molecular weight is 345 g/mol. The normalized spacial score (nSPS) is 10.4. The van der Waals surface area contributed by atoms with Crippen molar-refractivity contribution in [3.8, 4) is 17.2 Å². The molecule has 6 nitrogen and oxygen atoms in total. The van der Waals surface area contributed by atoms with Crippen molar-refractivity contribution in [2.45, 2.75) is 0 Å². The van der Waals surface area contributed by atoms with Crippen LogP contribution in [0.15, 0.2) is 53.6 Å². The lowest BCUT2D eigenvalue weighted by atomic mass is 10.2. The third kappa shape index (κ3) is 5.77. The molecule has 0 radical (unpaired) electrons. The molecular formula is C17H19N3O3S. The van der Waals surface area contributed by atoms with Crippen LogP contribution in [0.25, 0.3) is 0 Å². The van der Waals surface area contributed by atoms with Crippen molar-refractivity contribution in [1.29, 1.82) is 0 Å². The third-order valence-electron chi connectivity index (χ3n) is 2.93. The fourth-order valence-electron chi connectivity index (χ4n) is 1.88. The van der Waals surface area contributed by atoms with Crippen molar-refractivity contribution < 1.29 is 14.2 Å². The van der Waals surface area contributed by atoms with Crippen LogP contribution in [0.1, 0.15) is 5.56 Å². The van der Waals surface area contributed by atoms with E-state index in [1.54, 1.807) is 19.4 Å². The van der Waals surface area contributed by atoms with E-state index in [2.05, 4.69) is 22.7 Å². The summed E-state index contributed by atoms with van der Waals surface area (Å²) in [5.74, 6) is 2.05. The number of benzene rings is 2. The van der Waals surface area contributed by atoms with Gasteiger partial charge in [0.25, 0.3) is 0 Å². The lowest BCUT2D eigenvalue weighted by Gasteiger charge is -2.12. The molecule has 2 rings (SSSR count). The molecule has 2 aromatic rings. The molecule has 0 heterocycles. The van der Waals surface area contributed by atoms with E-state index in [4.69, 9.17) is 19.9 Å².